The molecule has 0 bridgehead atoms. The largest absolute Gasteiger partial charge is 0.508 e. The predicted octanol–water partition coefficient (Wildman–Crippen LogP) is 4.54. The highest BCUT2D eigenvalue weighted by Gasteiger charge is 2.34. The SMILES string of the molecule is CN(C)c1ccc(CN2CCN(Cc3ccc(N(C)C)cc3)C2c2ccccc2O)cc1. The fraction of sp³-hybridized carbons (Fsp3) is 0.333. The highest BCUT2D eigenvalue weighted by molar-refractivity contribution is 5.47. The molecule has 0 saturated carbocycles. The lowest BCUT2D eigenvalue weighted by Crippen LogP contribution is -2.30. The van der Waals surface area contributed by atoms with Crippen LogP contribution < -0.4 is 9.80 Å². The summed E-state index contributed by atoms with van der Waals surface area (Å²) in [5.74, 6) is 0.361. The van der Waals surface area contributed by atoms with Gasteiger partial charge in [-0.25, -0.2) is 0 Å². The van der Waals surface area contributed by atoms with E-state index in [9.17, 15) is 5.11 Å². The van der Waals surface area contributed by atoms with Crippen molar-refractivity contribution < 1.29 is 5.11 Å². The summed E-state index contributed by atoms with van der Waals surface area (Å²) < 4.78 is 0. The average molecular weight is 431 g/mol. The molecule has 1 saturated heterocycles. The van der Waals surface area contributed by atoms with Crippen LogP contribution in [0.1, 0.15) is 22.9 Å². The normalized spacial score (nSPS) is 15.2. The van der Waals surface area contributed by atoms with Gasteiger partial charge in [-0.3, -0.25) is 9.80 Å². The van der Waals surface area contributed by atoms with Crippen molar-refractivity contribution in [1.82, 2.24) is 9.80 Å². The molecule has 0 aromatic heterocycles. The summed E-state index contributed by atoms with van der Waals surface area (Å²) in [6.45, 7) is 3.62. The topological polar surface area (TPSA) is 33.2 Å². The molecule has 0 atom stereocenters. The van der Waals surface area contributed by atoms with Gasteiger partial charge in [0.15, 0.2) is 0 Å². The third kappa shape index (κ3) is 4.90. The minimum atomic E-state index is 0.0400. The second kappa shape index (κ2) is 9.63. The first-order valence-corrected chi connectivity index (χ1v) is 11.2. The van der Waals surface area contributed by atoms with E-state index in [0.717, 1.165) is 31.7 Å². The van der Waals surface area contributed by atoms with Crippen LogP contribution in [0.15, 0.2) is 72.8 Å². The number of rotatable bonds is 7. The van der Waals surface area contributed by atoms with Crippen molar-refractivity contribution in [2.75, 3.05) is 51.1 Å². The number of hydrogen-bond acceptors (Lipinski definition) is 5. The lowest BCUT2D eigenvalue weighted by Gasteiger charge is -2.31. The third-order valence-corrected chi connectivity index (χ3v) is 6.26. The Morgan fingerprint density at radius 3 is 1.53 bits per heavy atom. The number of aromatic hydroxyl groups is 1. The van der Waals surface area contributed by atoms with Gasteiger partial charge in [-0.2, -0.15) is 0 Å². The molecule has 32 heavy (non-hydrogen) atoms. The van der Waals surface area contributed by atoms with E-state index in [1.807, 2.05) is 12.1 Å². The molecule has 3 aromatic rings. The van der Waals surface area contributed by atoms with Gasteiger partial charge in [0, 0.05) is 71.3 Å². The zero-order valence-electron chi connectivity index (χ0n) is 19.6. The molecule has 4 rings (SSSR count). The molecule has 5 nitrogen and oxygen atoms in total. The summed E-state index contributed by atoms with van der Waals surface area (Å²) >= 11 is 0. The van der Waals surface area contributed by atoms with Crippen molar-refractivity contribution in [3.63, 3.8) is 0 Å². The first-order valence-electron chi connectivity index (χ1n) is 11.2. The molecule has 1 aliphatic heterocycles. The van der Waals surface area contributed by atoms with Gasteiger partial charge in [-0.05, 0) is 41.5 Å². The maximum absolute atomic E-state index is 10.7. The standard InChI is InChI=1S/C27H34N4O/c1-28(2)23-13-9-21(10-14-23)19-30-17-18-31(27(30)25-7-5-6-8-26(25)32)20-22-11-15-24(16-12-22)29(3)4/h5-16,27,32H,17-20H2,1-4H3. The van der Waals surface area contributed by atoms with Gasteiger partial charge >= 0.3 is 0 Å². The molecule has 1 fully saturated rings. The van der Waals surface area contributed by atoms with E-state index in [4.69, 9.17) is 0 Å². The van der Waals surface area contributed by atoms with Crippen molar-refractivity contribution in [3.8, 4) is 5.75 Å². The van der Waals surface area contributed by atoms with Gasteiger partial charge in [0.2, 0.25) is 0 Å². The monoisotopic (exact) mass is 430 g/mol. The highest BCUT2D eigenvalue weighted by Crippen LogP contribution is 2.37. The quantitative estimate of drug-likeness (QED) is 0.595. The van der Waals surface area contributed by atoms with Crippen molar-refractivity contribution in [3.05, 3.63) is 89.5 Å². The Kier molecular flexibility index (Phi) is 6.68. The van der Waals surface area contributed by atoms with E-state index in [0.29, 0.717) is 5.75 Å². The molecule has 0 spiro atoms. The fourth-order valence-corrected chi connectivity index (χ4v) is 4.43. The van der Waals surface area contributed by atoms with Crippen LogP contribution in [0.2, 0.25) is 0 Å². The summed E-state index contributed by atoms with van der Waals surface area (Å²) in [4.78, 5) is 9.17. The molecule has 3 aromatic carbocycles. The Labute approximate surface area is 192 Å². The Balaban J connectivity index is 1.57. The summed E-state index contributed by atoms with van der Waals surface area (Å²) in [5.41, 5.74) is 5.95. The minimum absolute atomic E-state index is 0.0400. The van der Waals surface area contributed by atoms with Crippen LogP contribution in [0.4, 0.5) is 11.4 Å². The first kappa shape index (κ1) is 22.2. The van der Waals surface area contributed by atoms with Crippen LogP contribution >= 0.6 is 0 Å². The third-order valence-electron chi connectivity index (χ3n) is 6.26. The fourth-order valence-electron chi connectivity index (χ4n) is 4.43. The average Bonchev–Trinajstić information content (AvgIpc) is 3.16. The molecule has 168 valence electrons. The number of hydrogen-bond donors (Lipinski definition) is 1. The van der Waals surface area contributed by atoms with Crippen LogP contribution in [0, 0.1) is 0 Å². The van der Waals surface area contributed by atoms with E-state index in [1.165, 1.54) is 22.5 Å². The van der Waals surface area contributed by atoms with Crippen LogP contribution in [0.25, 0.3) is 0 Å². The molecular formula is C27H34N4O. The van der Waals surface area contributed by atoms with Crippen LogP contribution in [0.5, 0.6) is 5.75 Å². The predicted molar refractivity (Wildman–Crippen MR) is 133 cm³/mol. The maximum atomic E-state index is 10.7. The van der Waals surface area contributed by atoms with Gasteiger partial charge in [0.25, 0.3) is 0 Å². The van der Waals surface area contributed by atoms with E-state index >= 15 is 0 Å². The molecule has 1 N–H and O–H groups in total. The molecule has 0 aliphatic carbocycles. The summed E-state index contributed by atoms with van der Waals surface area (Å²) in [5, 5.41) is 10.7. The molecule has 5 heteroatoms. The van der Waals surface area contributed by atoms with Gasteiger partial charge in [-0.1, -0.05) is 42.5 Å². The van der Waals surface area contributed by atoms with Crippen molar-refractivity contribution in [2.45, 2.75) is 19.3 Å². The molecule has 0 radical (unpaired) electrons. The Morgan fingerprint density at radius 2 is 1.12 bits per heavy atom. The van der Waals surface area contributed by atoms with Crippen LogP contribution in [-0.2, 0) is 13.1 Å². The Morgan fingerprint density at radius 1 is 0.688 bits per heavy atom. The van der Waals surface area contributed by atoms with Gasteiger partial charge in [0.05, 0.1) is 6.17 Å². The highest BCUT2D eigenvalue weighted by atomic mass is 16.3. The summed E-state index contributed by atoms with van der Waals surface area (Å²) in [6.07, 6.45) is 0.0400. The molecule has 1 aliphatic rings. The van der Waals surface area contributed by atoms with E-state index in [1.54, 1.807) is 6.07 Å². The van der Waals surface area contributed by atoms with Crippen LogP contribution in [0.3, 0.4) is 0 Å². The second-order valence-electron chi connectivity index (χ2n) is 9.00. The lowest BCUT2D eigenvalue weighted by molar-refractivity contribution is 0.123. The van der Waals surface area contributed by atoms with Crippen LogP contribution in [-0.4, -0.2) is 56.2 Å². The molecule has 1 heterocycles. The number of anilines is 2. The Hall–Kier alpha value is -3.02. The number of para-hydroxylation sites is 1. The van der Waals surface area contributed by atoms with E-state index < -0.39 is 0 Å². The maximum Gasteiger partial charge on any atom is 0.121 e. The minimum Gasteiger partial charge on any atom is -0.508 e. The number of nitrogens with zero attached hydrogens (tertiary/aromatic N) is 4. The van der Waals surface area contributed by atoms with Gasteiger partial charge < -0.3 is 14.9 Å². The molecule has 0 unspecified atom stereocenters. The zero-order valence-corrected chi connectivity index (χ0v) is 19.6. The number of phenols is 1. The first-order chi connectivity index (χ1) is 15.4. The lowest BCUT2D eigenvalue weighted by atomic mass is 10.1. The van der Waals surface area contributed by atoms with Crippen molar-refractivity contribution in [2.24, 2.45) is 0 Å². The zero-order chi connectivity index (χ0) is 22.7. The van der Waals surface area contributed by atoms with Gasteiger partial charge in [-0.15, -0.1) is 0 Å². The summed E-state index contributed by atoms with van der Waals surface area (Å²) in [7, 11) is 8.25. The number of benzene rings is 3. The van der Waals surface area contributed by atoms with Crippen molar-refractivity contribution >= 4 is 11.4 Å². The van der Waals surface area contributed by atoms with E-state index in [2.05, 4.69) is 102 Å². The smallest absolute Gasteiger partial charge is 0.121 e. The Bertz CT molecular complexity index is 953. The molecule has 0 amide bonds. The van der Waals surface area contributed by atoms with E-state index in [-0.39, 0.29) is 6.17 Å². The number of phenolic OH excluding ortho intramolecular Hbond substituents is 1. The van der Waals surface area contributed by atoms with Gasteiger partial charge in [0.1, 0.15) is 5.75 Å². The summed E-state index contributed by atoms with van der Waals surface area (Å²) in [6, 6.07) is 25.3. The van der Waals surface area contributed by atoms with Crippen molar-refractivity contribution in [1.29, 1.82) is 0 Å². The molecular weight excluding hydrogens is 396 g/mol. The second-order valence-corrected chi connectivity index (χ2v) is 9.00.